The zero-order chi connectivity index (χ0) is 20.7. The van der Waals surface area contributed by atoms with Crippen molar-refractivity contribution in [1.29, 1.82) is 0 Å². The Morgan fingerprint density at radius 2 is 1.83 bits per heavy atom. The number of aromatic nitrogens is 4. The smallest absolute Gasteiger partial charge is 0.199 e. The number of hydrogen-bond donors (Lipinski definition) is 0. The second-order valence-corrected chi connectivity index (χ2v) is 8.78. The molecule has 5 rings (SSSR count). The van der Waals surface area contributed by atoms with E-state index in [0.717, 1.165) is 49.0 Å². The zero-order valence-electron chi connectivity index (χ0n) is 17.7. The summed E-state index contributed by atoms with van der Waals surface area (Å²) in [4.78, 5) is 9.23. The first kappa shape index (κ1) is 19.5. The van der Waals surface area contributed by atoms with Gasteiger partial charge in [0.05, 0.1) is 6.67 Å². The Morgan fingerprint density at radius 1 is 1.03 bits per heavy atom. The minimum atomic E-state index is 0.489. The first-order valence-electron chi connectivity index (χ1n) is 10.7. The molecule has 0 atom stereocenters. The highest BCUT2D eigenvalue weighted by molar-refractivity contribution is 7.71. The van der Waals surface area contributed by atoms with Gasteiger partial charge >= 0.3 is 0 Å². The number of rotatable bonds is 5. The number of anilines is 1. The van der Waals surface area contributed by atoms with E-state index in [1.54, 1.807) is 6.20 Å². The van der Waals surface area contributed by atoms with Crippen molar-refractivity contribution in [3.8, 4) is 11.4 Å². The summed E-state index contributed by atoms with van der Waals surface area (Å²) in [5, 5.41) is 4.92. The number of pyridine rings is 1. The summed E-state index contributed by atoms with van der Waals surface area (Å²) in [6, 6.07) is 11.1. The van der Waals surface area contributed by atoms with Gasteiger partial charge in [-0.1, -0.05) is 12.1 Å². The van der Waals surface area contributed by atoms with Crippen LogP contribution in [-0.2, 0) is 6.67 Å². The molecule has 2 aliphatic rings. The lowest BCUT2D eigenvalue weighted by atomic mass is 10.1. The van der Waals surface area contributed by atoms with Crippen LogP contribution in [-0.4, -0.2) is 50.4 Å². The van der Waals surface area contributed by atoms with Gasteiger partial charge in [0.15, 0.2) is 10.6 Å². The van der Waals surface area contributed by atoms with Gasteiger partial charge < -0.3 is 4.90 Å². The summed E-state index contributed by atoms with van der Waals surface area (Å²) in [5.41, 5.74) is 5.14. The van der Waals surface area contributed by atoms with Gasteiger partial charge in [0.1, 0.15) is 0 Å². The number of benzene rings is 1. The molecule has 1 saturated carbocycles. The number of hydrogen-bond acceptors (Lipinski definition) is 5. The van der Waals surface area contributed by atoms with E-state index < -0.39 is 0 Å². The fraction of sp³-hybridized carbons (Fsp3) is 0.435. The van der Waals surface area contributed by atoms with Crippen LogP contribution in [0.25, 0.3) is 11.4 Å². The molecule has 156 valence electrons. The van der Waals surface area contributed by atoms with Crippen molar-refractivity contribution in [3.63, 3.8) is 0 Å². The Hall–Kier alpha value is -2.51. The summed E-state index contributed by atoms with van der Waals surface area (Å²) < 4.78 is 5.07. The molecule has 6 nitrogen and oxygen atoms in total. The second kappa shape index (κ2) is 7.96. The molecular formula is C23H28N6S. The van der Waals surface area contributed by atoms with Crippen LogP contribution in [0, 0.1) is 18.6 Å². The highest BCUT2D eigenvalue weighted by Crippen LogP contribution is 2.38. The molecule has 0 radical (unpaired) electrons. The summed E-state index contributed by atoms with van der Waals surface area (Å²) >= 11 is 5.83. The third-order valence-electron chi connectivity index (χ3n) is 6.33. The van der Waals surface area contributed by atoms with Gasteiger partial charge in [-0.3, -0.25) is 14.5 Å². The quantitative estimate of drug-likeness (QED) is 0.579. The highest BCUT2D eigenvalue weighted by atomic mass is 32.1. The van der Waals surface area contributed by atoms with Crippen LogP contribution in [0.2, 0.25) is 0 Å². The SMILES string of the molecule is Cc1cccc(N2CCN(Cn3nc(-c4cccnc4)n(C4CC4)c3=S)CC2)c1C. The van der Waals surface area contributed by atoms with Crippen LogP contribution in [0.15, 0.2) is 42.7 Å². The van der Waals surface area contributed by atoms with Crippen molar-refractivity contribution in [2.45, 2.75) is 39.4 Å². The van der Waals surface area contributed by atoms with Crippen LogP contribution in [0.5, 0.6) is 0 Å². The lowest BCUT2D eigenvalue weighted by Crippen LogP contribution is -2.47. The van der Waals surface area contributed by atoms with E-state index in [-0.39, 0.29) is 0 Å². The summed E-state index contributed by atoms with van der Waals surface area (Å²) in [6.45, 7) is 9.22. The van der Waals surface area contributed by atoms with Gasteiger partial charge in [0.25, 0.3) is 0 Å². The standard InChI is InChI=1S/C23H28N6S/c1-17-5-3-7-21(18(17)2)27-13-11-26(12-14-27)16-28-23(30)29(20-8-9-20)22(25-28)19-6-4-10-24-15-19/h3-7,10,15,20H,8-9,11-14,16H2,1-2H3. The van der Waals surface area contributed by atoms with E-state index in [4.69, 9.17) is 17.3 Å². The van der Waals surface area contributed by atoms with Crippen LogP contribution in [0.3, 0.4) is 0 Å². The number of nitrogens with zero attached hydrogens (tertiary/aromatic N) is 6. The largest absolute Gasteiger partial charge is 0.369 e. The maximum Gasteiger partial charge on any atom is 0.199 e. The average Bonchev–Trinajstić information content (AvgIpc) is 3.56. The lowest BCUT2D eigenvalue weighted by Gasteiger charge is -2.36. The van der Waals surface area contributed by atoms with Gasteiger partial charge in [0, 0.05) is 55.9 Å². The van der Waals surface area contributed by atoms with Gasteiger partial charge in [-0.25, -0.2) is 4.68 Å². The van der Waals surface area contributed by atoms with E-state index in [1.807, 2.05) is 16.9 Å². The molecule has 0 amide bonds. The molecule has 1 aromatic carbocycles. The summed E-state index contributed by atoms with van der Waals surface area (Å²) in [6.07, 6.45) is 6.04. The molecule has 2 aromatic heterocycles. The molecule has 30 heavy (non-hydrogen) atoms. The van der Waals surface area contributed by atoms with Gasteiger partial charge in [-0.05, 0) is 68.2 Å². The average molecular weight is 421 g/mol. The zero-order valence-corrected chi connectivity index (χ0v) is 18.5. The molecule has 0 spiro atoms. The van der Waals surface area contributed by atoms with Crippen LogP contribution in [0.1, 0.15) is 30.0 Å². The molecule has 1 aliphatic carbocycles. The fourth-order valence-electron chi connectivity index (χ4n) is 4.26. The topological polar surface area (TPSA) is 42.1 Å². The number of aryl methyl sites for hydroxylation is 1. The predicted molar refractivity (Wildman–Crippen MR) is 122 cm³/mol. The van der Waals surface area contributed by atoms with Crippen LogP contribution in [0.4, 0.5) is 5.69 Å². The molecule has 3 aromatic rings. The summed E-state index contributed by atoms with van der Waals surface area (Å²) in [5.74, 6) is 0.949. The normalized spacial score (nSPS) is 17.5. The van der Waals surface area contributed by atoms with Crippen LogP contribution >= 0.6 is 12.2 Å². The molecule has 7 heteroatoms. The monoisotopic (exact) mass is 420 g/mol. The van der Waals surface area contributed by atoms with Gasteiger partial charge in [0.2, 0.25) is 0 Å². The maximum absolute atomic E-state index is 5.83. The molecule has 1 saturated heterocycles. The van der Waals surface area contributed by atoms with E-state index in [1.165, 1.54) is 29.7 Å². The third kappa shape index (κ3) is 3.68. The molecule has 2 fully saturated rings. The first-order valence-corrected chi connectivity index (χ1v) is 11.2. The highest BCUT2D eigenvalue weighted by Gasteiger charge is 2.29. The second-order valence-electron chi connectivity index (χ2n) is 8.41. The van der Waals surface area contributed by atoms with Crippen molar-refractivity contribution < 1.29 is 0 Å². The van der Waals surface area contributed by atoms with E-state index in [0.29, 0.717) is 6.04 Å². The predicted octanol–water partition coefficient (Wildman–Crippen LogP) is 4.21. The van der Waals surface area contributed by atoms with Crippen molar-refractivity contribution >= 4 is 17.9 Å². The van der Waals surface area contributed by atoms with E-state index in [9.17, 15) is 0 Å². The Bertz CT molecular complexity index is 1090. The van der Waals surface area contributed by atoms with Crippen LogP contribution < -0.4 is 4.90 Å². The molecule has 0 N–H and O–H groups in total. The Labute approximate surface area is 182 Å². The maximum atomic E-state index is 5.83. The van der Waals surface area contributed by atoms with Gasteiger partial charge in [-0.15, -0.1) is 0 Å². The van der Waals surface area contributed by atoms with Crippen molar-refractivity contribution in [2.75, 3.05) is 31.1 Å². The Morgan fingerprint density at radius 3 is 2.53 bits per heavy atom. The molecule has 0 bridgehead atoms. The minimum absolute atomic E-state index is 0.489. The Kier molecular flexibility index (Phi) is 5.16. The van der Waals surface area contributed by atoms with Crippen molar-refractivity contribution in [3.05, 3.63) is 58.6 Å². The third-order valence-corrected chi connectivity index (χ3v) is 6.73. The lowest BCUT2D eigenvalue weighted by molar-refractivity contribution is 0.194. The molecule has 3 heterocycles. The first-order chi connectivity index (χ1) is 14.6. The Balaban J connectivity index is 1.33. The molecule has 0 unspecified atom stereocenters. The molecule has 1 aliphatic heterocycles. The molecular weight excluding hydrogens is 392 g/mol. The van der Waals surface area contributed by atoms with Crippen molar-refractivity contribution in [2.24, 2.45) is 0 Å². The van der Waals surface area contributed by atoms with Gasteiger partial charge in [-0.2, -0.15) is 5.10 Å². The van der Waals surface area contributed by atoms with Crippen molar-refractivity contribution in [1.82, 2.24) is 24.2 Å². The van der Waals surface area contributed by atoms with E-state index >= 15 is 0 Å². The fourth-order valence-corrected chi connectivity index (χ4v) is 4.60. The van der Waals surface area contributed by atoms with E-state index in [2.05, 4.69) is 57.5 Å². The number of piperazine rings is 1. The minimum Gasteiger partial charge on any atom is -0.369 e. The summed E-state index contributed by atoms with van der Waals surface area (Å²) in [7, 11) is 0.